The molecule has 2 aromatic rings. The molecule has 0 saturated carbocycles. The van der Waals surface area contributed by atoms with E-state index in [0.717, 1.165) is 22.6 Å². The molecular weight excluding hydrogens is 404 g/mol. The number of aliphatic carboxylic acids is 1. The Morgan fingerprint density at radius 3 is 2.50 bits per heavy atom. The number of hydrogen-bond donors (Lipinski definition) is 1. The quantitative estimate of drug-likeness (QED) is 0.789. The van der Waals surface area contributed by atoms with Crippen molar-refractivity contribution in [2.45, 2.75) is 25.2 Å². The number of hydrogen-bond acceptors (Lipinski definition) is 4. The van der Waals surface area contributed by atoms with Gasteiger partial charge in [-0.1, -0.05) is 29.8 Å². The number of nitrogens with zero attached hydrogens (tertiary/aromatic N) is 2. The second-order valence-corrected chi connectivity index (χ2v) is 8.48. The molecule has 0 atom stereocenters. The first-order chi connectivity index (χ1) is 14.4. The number of carboxylic acid groups (broad SMARTS) is 1. The summed E-state index contributed by atoms with van der Waals surface area (Å²) >= 11 is 5.97. The zero-order valence-corrected chi connectivity index (χ0v) is 17.7. The Morgan fingerprint density at radius 1 is 1.13 bits per heavy atom. The van der Waals surface area contributed by atoms with Crippen LogP contribution in [0.5, 0.6) is 5.75 Å². The minimum Gasteiger partial charge on any atom is -0.482 e. The van der Waals surface area contributed by atoms with Gasteiger partial charge in [-0.05, 0) is 68.2 Å². The molecule has 0 aromatic heterocycles. The van der Waals surface area contributed by atoms with Crippen LogP contribution >= 0.6 is 11.6 Å². The summed E-state index contributed by atoms with van der Waals surface area (Å²) in [5.41, 5.74) is 1.79. The van der Waals surface area contributed by atoms with E-state index in [1.807, 2.05) is 37.3 Å². The third-order valence-electron chi connectivity index (χ3n) is 6.21. The van der Waals surface area contributed by atoms with Crippen LogP contribution < -0.4 is 9.64 Å². The van der Waals surface area contributed by atoms with E-state index in [0.29, 0.717) is 44.0 Å². The van der Waals surface area contributed by atoms with Gasteiger partial charge >= 0.3 is 5.97 Å². The number of carboxylic acids is 1. The predicted molar refractivity (Wildman–Crippen MR) is 115 cm³/mol. The minimum atomic E-state index is -0.889. The molecule has 4 rings (SSSR count). The van der Waals surface area contributed by atoms with E-state index in [1.165, 1.54) is 0 Å². The van der Waals surface area contributed by atoms with Gasteiger partial charge in [-0.25, -0.2) is 0 Å². The van der Waals surface area contributed by atoms with E-state index in [9.17, 15) is 14.7 Å². The van der Waals surface area contributed by atoms with Crippen molar-refractivity contribution in [3.05, 3.63) is 58.6 Å². The molecule has 158 valence electrons. The van der Waals surface area contributed by atoms with Crippen molar-refractivity contribution < 1.29 is 19.4 Å². The fraction of sp³-hybridized carbons (Fsp3) is 0.391. The fourth-order valence-electron chi connectivity index (χ4n) is 4.35. The van der Waals surface area contributed by atoms with E-state index in [-0.39, 0.29) is 12.5 Å². The van der Waals surface area contributed by atoms with Crippen LogP contribution in [0.4, 0.5) is 5.69 Å². The lowest BCUT2D eigenvalue weighted by atomic mass is 9.73. The first kappa shape index (κ1) is 20.7. The standard InChI is InChI=1S/C23H25ClN2O4/c1-16-2-7-20-19(14-16)26(21(27)15-30-20)13-12-25-10-8-23(9-11-25,22(28)29)17-3-5-18(24)6-4-17/h2-7,14H,8-13,15H2,1H3,(H,28,29). The Labute approximate surface area is 181 Å². The number of amides is 1. The number of ether oxygens (including phenoxy) is 1. The summed E-state index contributed by atoms with van der Waals surface area (Å²) in [6.07, 6.45) is 1.05. The lowest BCUT2D eigenvalue weighted by Crippen LogP contribution is -2.50. The van der Waals surface area contributed by atoms with E-state index in [4.69, 9.17) is 16.3 Å². The van der Waals surface area contributed by atoms with Gasteiger partial charge in [-0.15, -0.1) is 0 Å². The SMILES string of the molecule is Cc1ccc2c(c1)N(CCN1CCC(C(=O)O)(c3ccc(Cl)cc3)CC1)C(=O)CO2. The molecule has 1 saturated heterocycles. The summed E-state index contributed by atoms with van der Waals surface area (Å²) in [6, 6.07) is 13.0. The number of carbonyl (C=O) groups excluding carboxylic acids is 1. The van der Waals surface area contributed by atoms with Crippen molar-refractivity contribution in [2.24, 2.45) is 0 Å². The molecule has 0 radical (unpaired) electrons. The number of fused-ring (bicyclic) bond motifs is 1. The Morgan fingerprint density at radius 2 is 1.83 bits per heavy atom. The molecule has 2 aromatic carbocycles. The number of halogens is 1. The molecule has 30 heavy (non-hydrogen) atoms. The van der Waals surface area contributed by atoms with E-state index in [2.05, 4.69) is 4.90 Å². The third-order valence-corrected chi connectivity index (χ3v) is 6.47. The number of piperidine rings is 1. The summed E-state index contributed by atoms with van der Waals surface area (Å²) in [7, 11) is 0. The number of rotatable bonds is 5. The number of likely N-dealkylation sites (tertiary alicyclic amines) is 1. The number of anilines is 1. The Balaban J connectivity index is 1.43. The summed E-state index contributed by atoms with van der Waals surface area (Å²) in [4.78, 5) is 28.6. The van der Waals surface area contributed by atoms with Crippen LogP contribution in [0.3, 0.4) is 0 Å². The lowest BCUT2D eigenvalue weighted by molar-refractivity contribution is -0.146. The Kier molecular flexibility index (Phi) is 5.71. The highest BCUT2D eigenvalue weighted by atomic mass is 35.5. The molecule has 1 N–H and O–H groups in total. The van der Waals surface area contributed by atoms with Crippen molar-refractivity contribution in [3.8, 4) is 5.75 Å². The topological polar surface area (TPSA) is 70.1 Å². The van der Waals surface area contributed by atoms with Crippen molar-refractivity contribution in [1.82, 2.24) is 4.90 Å². The van der Waals surface area contributed by atoms with Gasteiger partial charge in [0.15, 0.2) is 6.61 Å². The number of carbonyl (C=O) groups is 2. The second-order valence-electron chi connectivity index (χ2n) is 8.04. The van der Waals surface area contributed by atoms with Crippen molar-refractivity contribution in [1.29, 1.82) is 0 Å². The fourth-order valence-corrected chi connectivity index (χ4v) is 4.48. The minimum absolute atomic E-state index is 0.0499. The highest BCUT2D eigenvalue weighted by Gasteiger charge is 2.43. The van der Waals surface area contributed by atoms with E-state index >= 15 is 0 Å². The molecule has 7 heteroatoms. The molecule has 0 bridgehead atoms. The monoisotopic (exact) mass is 428 g/mol. The zero-order chi connectivity index (χ0) is 21.3. The van der Waals surface area contributed by atoms with Crippen LogP contribution in [0.15, 0.2) is 42.5 Å². The maximum absolute atomic E-state index is 12.4. The van der Waals surface area contributed by atoms with Crippen molar-refractivity contribution >= 4 is 29.2 Å². The Bertz CT molecular complexity index is 952. The smallest absolute Gasteiger partial charge is 0.314 e. The van der Waals surface area contributed by atoms with Crippen molar-refractivity contribution in [3.63, 3.8) is 0 Å². The van der Waals surface area contributed by atoms with Crippen LogP contribution in [0, 0.1) is 6.92 Å². The summed E-state index contributed by atoms with van der Waals surface area (Å²) < 4.78 is 5.54. The molecule has 0 aliphatic carbocycles. The van der Waals surface area contributed by atoms with Crippen LogP contribution in [0.1, 0.15) is 24.0 Å². The average Bonchev–Trinajstić information content (AvgIpc) is 2.74. The van der Waals surface area contributed by atoms with E-state index in [1.54, 1.807) is 17.0 Å². The third kappa shape index (κ3) is 3.89. The predicted octanol–water partition coefficient (Wildman–Crippen LogP) is 3.49. The second kappa shape index (κ2) is 8.28. The normalized spacial score (nSPS) is 18.6. The molecule has 2 aliphatic heterocycles. The first-order valence-electron chi connectivity index (χ1n) is 10.1. The van der Waals surface area contributed by atoms with Gasteiger partial charge < -0.3 is 19.6 Å². The van der Waals surface area contributed by atoms with Gasteiger partial charge in [-0.2, -0.15) is 0 Å². The molecule has 6 nitrogen and oxygen atoms in total. The lowest BCUT2D eigenvalue weighted by Gasteiger charge is -2.40. The number of aryl methyl sites for hydroxylation is 1. The molecule has 2 aliphatic rings. The van der Waals surface area contributed by atoms with Gasteiger partial charge in [0.05, 0.1) is 11.1 Å². The molecular formula is C23H25ClN2O4. The molecule has 1 amide bonds. The van der Waals surface area contributed by atoms with Gasteiger partial charge in [-0.3, -0.25) is 9.59 Å². The molecule has 0 spiro atoms. The molecule has 0 unspecified atom stereocenters. The Hall–Kier alpha value is -2.57. The van der Waals surface area contributed by atoms with Crippen LogP contribution in [-0.2, 0) is 15.0 Å². The maximum atomic E-state index is 12.4. The highest BCUT2D eigenvalue weighted by Crippen LogP contribution is 2.37. The largest absolute Gasteiger partial charge is 0.482 e. The maximum Gasteiger partial charge on any atom is 0.314 e. The first-order valence-corrected chi connectivity index (χ1v) is 10.5. The van der Waals surface area contributed by atoms with Gasteiger partial charge in [0.25, 0.3) is 5.91 Å². The highest BCUT2D eigenvalue weighted by molar-refractivity contribution is 6.30. The summed E-state index contributed by atoms with van der Waals surface area (Å²) in [5, 5.41) is 10.6. The van der Waals surface area contributed by atoms with Gasteiger partial charge in [0.2, 0.25) is 0 Å². The molecule has 1 fully saturated rings. The number of benzene rings is 2. The average molecular weight is 429 g/mol. The zero-order valence-electron chi connectivity index (χ0n) is 16.9. The van der Waals surface area contributed by atoms with Gasteiger partial charge in [0.1, 0.15) is 5.75 Å². The van der Waals surface area contributed by atoms with E-state index < -0.39 is 11.4 Å². The van der Waals surface area contributed by atoms with Crippen LogP contribution in [0.25, 0.3) is 0 Å². The van der Waals surface area contributed by atoms with Crippen molar-refractivity contribution in [2.75, 3.05) is 37.7 Å². The van der Waals surface area contributed by atoms with Crippen LogP contribution in [0.2, 0.25) is 5.02 Å². The van der Waals surface area contributed by atoms with Gasteiger partial charge in [0, 0.05) is 18.1 Å². The summed E-state index contributed by atoms with van der Waals surface area (Å²) in [5.74, 6) is -0.116. The molecule has 2 heterocycles. The van der Waals surface area contributed by atoms with Crippen LogP contribution in [-0.4, -0.2) is 54.7 Å². The summed E-state index contributed by atoms with van der Waals surface area (Å²) in [6.45, 7) is 4.61.